The number of nitrogens with zero attached hydrogens (tertiary/aromatic N) is 3. The summed E-state index contributed by atoms with van der Waals surface area (Å²) >= 11 is 0. The van der Waals surface area contributed by atoms with E-state index in [2.05, 4.69) is 15.7 Å². The van der Waals surface area contributed by atoms with Crippen LogP contribution in [0.1, 0.15) is 49.4 Å². The van der Waals surface area contributed by atoms with Crippen molar-refractivity contribution < 1.29 is 18.0 Å². The Labute approximate surface area is 179 Å². The summed E-state index contributed by atoms with van der Waals surface area (Å²) in [6.45, 7) is 5.38. The van der Waals surface area contributed by atoms with Crippen molar-refractivity contribution >= 4 is 17.4 Å². The number of carbonyl (C=O) groups excluding carboxylic acids is 1. The molecule has 3 heterocycles. The number of alkyl halides is 3. The van der Waals surface area contributed by atoms with Crippen molar-refractivity contribution in [3.05, 3.63) is 41.6 Å². The van der Waals surface area contributed by atoms with E-state index < -0.39 is 12.2 Å². The molecule has 2 aliphatic rings. The first-order chi connectivity index (χ1) is 14.7. The van der Waals surface area contributed by atoms with E-state index in [9.17, 15) is 18.0 Å². The van der Waals surface area contributed by atoms with Crippen LogP contribution in [-0.2, 0) is 4.79 Å². The number of halogens is 3. The van der Waals surface area contributed by atoms with E-state index in [4.69, 9.17) is 0 Å². The lowest BCUT2D eigenvalue weighted by Crippen LogP contribution is -2.38. The van der Waals surface area contributed by atoms with Crippen LogP contribution in [0.3, 0.4) is 0 Å². The van der Waals surface area contributed by atoms with Crippen LogP contribution < -0.4 is 10.6 Å². The van der Waals surface area contributed by atoms with Gasteiger partial charge in [0.1, 0.15) is 5.82 Å². The highest BCUT2D eigenvalue weighted by atomic mass is 19.4. The van der Waals surface area contributed by atoms with Gasteiger partial charge in [-0.1, -0.05) is 25.1 Å². The number of fused-ring (bicyclic) bond motifs is 1. The standard InChI is InChI=1S/C22H28F3N5O/c1-3-16-10-19(22(23,24)25)30-20(26-16)11-18(28-30)15-8-9-29(12-15)13-21(31)27-17-7-5-4-6-14(17)2/h4-7,11,15-16,19,26H,3,8-10,12-13H2,1-2H3,(H,27,31)/t15-,16+,19-/m1/s1. The van der Waals surface area contributed by atoms with Crippen LogP contribution in [0.25, 0.3) is 0 Å². The van der Waals surface area contributed by atoms with Crippen LogP contribution in [0.15, 0.2) is 30.3 Å². The molecule has 0 aliphatic carbocycles. The number of anilines is 2. The van der Waals surface area contributed by atoms with Crippen LogP contribution in [0.4, 0.5) is 24.7 Å². The molecule has 31 heavy (non-hydrogen) atoms. The molecule has 0 bridgehead atoms. The molecule has 1 fully saturated rings. The van der Waals surface area contributed by atoms with Crippen LogP contribution in [0.2, 0.25) is 0 Å². The summed E-state index contributed by atoms with van der Waals surface area (Å²) in [7, 11) is 0. The number of nitrogens with one attached hydrogen (secondary N) is 2. The number of likely N-dealkylation sites (tertiary alicyclic amines) is 1. The number of para-hydroxylation sites is 1. The Balaban J connectivity index is 1.41. The SMILES string of the molecule is CC[C@H]1C[C@H](C(F)(F)F)n2nc([C@@H]3CCN(CC(=O)Nc4ccccc4C)C3)cc2N1. The molecule has 0 spiro atoms. The van der Waals surface area contributed by atoms with Crippen molar-refractivity contribution in [3.8, 4) is 0 Å². The molecule has 6 nitrogen and oxygen atoms in total. The number of rotatable bonds is 5. The third-order valence-corrected chi connectivity index (χ3v) is 6.26. The number of benzene rings is 1. The third kappa shape index (κ3) is 4.71. The highest BCUT2D eigenvalue weighted by molar-refractivity contribution is 5.92. The van der Waals surface area contributed by atoms with Crippen LogP contribution >= 0.6 is 0 Å². The fourth-order valence-corrected chi connectivity index (χ4v) is 4.46. The Morgan fingerprint density at radius 3 is 2.81 bits per heavy atom. The van der Waals surface area contributed by atoms with Crippen molar-refractivity contribution in [2.24, 2.45) is 0 Å². The Morgan fingerprint density at radius 1 is 1.32 bits per heavy atom. The van der Waals surface area contributed by atoms with Crippen molar-refractivity contribution in [1.82, 2.24) is 14.7 Å². The van der Waals surface area contributed by atoms with Crippen molar-refractivity contribution in [1.29, 1.82) is 0 Å². The first-order valence-corrected chi connectivity index (χ1v) is 10.7. The zero-order valence-electron chi connectivity index (χ0n) is 17.7. The maximum absolute atomic E-state index is 13.6. The summed E-state index contributed by atoms with van der Waals surface area (Å²) in [4.78, 5) is 14.5. The summed E-state index contributed by atoms with van der Waals surface area (Å²) in [5.41, 5.74) is 2.45. The van der Waals surface area contributed by atoms with E-state index in [1.54, 1.807) is 6.07 Å². The molecule has 2 aromatic rings. The lowest BCUT2D eigenvalue weighted by Gasteiger charge is -2.32. The summed E-state index contributed by atoms with van der Waals surface area (Å²) in [6, 6.07) is 7.54. The molecule has 1 aromatic carbocycles. The largest absolute Gasteiger partial charge is 0.410 e. The predicted molar refractivity (Wildman–Crippen MR) is 113 cm³/mol. The van der Waals surface area contributed by atoms with Crippen molar-refractivity contribution in [2.45, 2.75) is 57.3 Å². The van der Waals surface area contributed by atoms with Crippen molar-refractivity contribution in [2.75, 3.05) is 30.3 Å². The quantitative estimate of drug-likeness (QED) is 0.735. The van der Waals surface area contributed by atoms with Gasteiger partial charge in [0.25, 0.3) is 0 Å². The third-order valence-electron chi connectivity index (χ3n) is 6.26. The number of carbonyl (C=O) groups is 1. The summed E-state index contributed by atoms with van der Waals surface area (Å²) in [6.07, 6.45) is -2.95. The number of hydrogen-bond donors (Lipinski definition) is 2. The zero-order valence-corrected chi connectivity index (χ0v) is 17.7. The van der Waals surface area contributed by atoms with Gasteiger partial charge in [-0.05, 0) is 44.4 Å². The summed E-state index contributed by atoms with van der Waals surface area (Å²) in [5.74, 6) is 0.356. The van der Waals surface area contributed by atoms with Gasteiger partial charge in [0, 0.05) is 30.3 Å². The molecular weight excluding hydrogens is 407 g/mol. The second kappa shape index (κ2) is 8.53. The van der Waals surface area contributed by atoms with Crippen LogP contribution in [0.5, 0.6) is 0 Å². The fraction of sp³-hybridized carbons (Fsp3) is 0.545. The zero-order chi connectivity index (χ0) is 22.2. The fourth-order valence-electron chi connectivity index (χ4n) is 4.46. The van der Waals surface area contributed by atoms with Gasteiger partial charge in [0.15, 0.2) is 6.04 Å². The first kappa shape index (κ1) is 21.7. The lowest BCUT2D eigenvalue weighted by molar-refractivity contribution is -0.173. The average molecular weight is 435 g/mol. The Hall–Kier alpha value is -2.55. The van der Waals surface area contributed by atoms with Gasteiger partial charge in [0.2, 0.25) is 5.91 Å². The normalized spacial score (nSPS) is 24.0. The van der Waals surface area contributed by atoms with Gasteiger partial charge < -0.3 is 10.6 Å². The molecule has 1 amide bonds. The van der Waals surface area contributed by atoms with Gasteiger partial charge in [-0.25, -0.2) is 4.68 Å². The first-order valence-electron chi connectivity index (χ1n) is 10.7. The van der Waals surface area contributed by atoms with Gasteiger partial charge in [-0.15, -0.1) is 0 Å². The molecule has 2 aliphatic heterocycles. The van der Waals surface area contributed by atoms with E-state index >= 15 is 0 Å². The minimum absolute atomic E-state index is 0.00993. The second-order valence-corrected chi connectivity index (χ2v) is 8.53. The van der Waals surface area contributed by atoms with Gasteiger partial charge in [0.05, 0.1) is 12.2 Å². The molecule has 2 N–H and O–H groups in total. The summed E-state index contributed by atoms with van der Waals surface area (Å²) in [5, 5.41) is 10.5. The minimum atomic E-state index is -4.33. The van der Waals surface area contributed by atoms with Crippen molar-refractivity contribution in [3.63, 3.8) is 0 Å². The van der Waals surface area contributed by atoms with E-state index in [1.165, 1.54) is 0 Å². The highest BCUT2D eigenvalue weighted by Crippen LogP contribution is 2.41. The Morgan fingerprint density at radius 2 is 2.10 bits per heavy atom. The van der Waals surface area contributed by atoms with E-state index in [0.29, 0.717) is 31.0 Å². The van der Waals surface area contributed by atoms with E-state index in [0.717, 1.165) is 22.4 Å². The maximum atomic E-state index is 13.6. The molecule has 3 atom stereocenters. The molecule has 4 rings (SSSR count). The molecular formula is C22H28F3N5O. The van der Waals surface area contributed by atoms with E-state index in [1.807, 2.05) is 43.0 Å². The number of aryl methyl sites for hydroxylation is 1. The maximum Gasteiger partial charge on any atom is 0.410 e. The second-order valence-electron chi connectivity index (χ2n) is 8.53. The monoisotopic (exact) mass is 435 g/mol. The lowest BCUT2D eigenvalue weighted by atomic mass is 10.0. The van der Waals surface area contributed by atoms with E-state index in [-0.39, 0.29) is 30.8 Å². The molecule has 9 heteroatoms. The average Bonchev–Trinajstić information content (AvgIpc) is 3.34. The van der Waals surface area contributed by atoms with Crippen LogP contribution in [0, 0.1) is 6.92 Å². The van der Waals surface area contributed by atoms with Gasteiger partial charge in [-0.2, -0.15) is 18.3 Å². The minimum Gasteiger partial charge on any atom is -0.367 e. The molecule has 1 aromatic heterocycles. The highest BCUT2D eigenvalue weighted by Gasteiger charge is 2.46. The number of hydrogen-bond acceptors (Lipinski definition) is 4. The predicted octanol–water partition coefficient (Wildman–Crippen LogP) is 4.32. The topological polar surface area (TPSA) is 62.2 Å². The Kier molecular flexibility index (Phi) is 5.96. The Bertz CT molecular complexity index is 941. The van der Waals surface area contributed by atoms with Gasteiger partial charge in [-0.3, -0.25) is 9.69 Å². The van der Waals surface area contributed by atoms with Crippen LogP contribution in [-0.4, -0.2) is 52.4 Å². The number of amides is 1. The smallest absolute Gasteiger partial charge is 0.367 e. The molecule has 0 unspecified atom stereocenters. The molecule has 168 valence electrons. The van der Waals surface area contributed by atoms with Gasteiger partial charge >= 0.3 is 6.18 Å². The number of aromatic nitrogens is 2. The molecule has 1 saturated heterocycles. The molecule has 0 radical (unpaired) electrons. The molecule has 0 saturated carbocycles. The summed E-state index contributed by atoms with van der Waals surface area (Å²) < 4.78 is 41.9.